The molecule has 0 aromatic heterocycles. The number of benzene rings is 2. The maximum Gasteiger partial charge on any atom is 0.307 e. The summed E-state index contributed by atoms with van der Waals surface area (Å²) in [4.78, 5) is 27.6. The van der Waals surface area contributed by atoms with Crippen LogP contribution in [0.3, 0.4) is 0 Å². The Labute approximate surface area is 174 Å². The summed E-state index contributed by atoms with van der Waals surface area (Å²) in [5.74, 6) is -1.39. The van der Waals surface area contributed by atoms with Gasteiger partial charge in [-0.15, -0.1) is 0 Å². The van der Waals surface area contributed by atoms with Gasteiger partial charge in [-0.1, -0.05) is 12.1 Å². The second kappa shape index (κ2) is 10.2. The van der Waals surface area contributed by atoms with Crippen molar-refractivity contribution in [2.45, 2.75) is 12.5 Å². The first kappa shape index (κ1) is 21.7. The average molecular weight is 418 g/mol. The van der Waals surface area contributed by atoms with Crippen LogP contribution in [0.1, 0.15) is 18.0 Å². The van der Waals surface area contributed by atoms with E-state index in [9.17, 15) is 18.4 Å². The first-order chi connectivity index (χ1) is 14.4. The number of carbonyl (C=O) groups excluding carboxylic acids is 2. The fourth-order valence-corrected chi connectivity index (χ4v) is 3.61. The summed E-state index contributed by atoms with van der Waals surface area (Å²) < 4.78 is 31.4. The van der Waals surface area contributed by atoms with Crippen LogP contribution in [-0.2, 0) is 14.3 Å². The predicted molar refractivity (Wildman–Crippen MR) is 108 cm³/mol. The topological polar surface area (TPSA) is 63.1 Å². The lowest BCUT2D eigenvalue weighted by Crippen LogP contribution is -3.16. The summed E-state index contributed by atoms with van der Waals surface area (Å²) in [5, 5.41) is 2.84. The van der Waals surface area contributed by atoms with Gasteiger partial charge in [0, 0.05) is 5.69 Å². The zero-order valence-electron chi connectivity index (χ0n) is 16.9. The molecule has 8 heteroatoms. The second-order valence-corrected chi connectivity index (χ2v) is 7.35. The Balaban J connectivity index is 1.55. The highest BCUT2D eigenvalue weighted by atomic mass is 19.1. The highest BCUT2D eigenvalue weighted by molar-refractivity contribution is 5.78. The number of nitrogens with zero attached hydrogens (tertiary/aromatic N) is 1. The summed E-state index contributed by atoms with van der Waals surface area (Å²) in [6.07, 6.45) is -0.0701. The van der Waals surface area contributed by atoms with Gasteiger partial charge in [0.2, 0.25) is 0 Å². The van der Waals surface area contributed by atoms with E-state index in [-0.39, 0.29) is 24.7 Å². The molecule has 30 heavy (non-hydrogen) atoms. The van der Waals surface area contributed by atoms with Gasteiger partial charge in [-0.3, -0.25) is 9.59 Å². The number of ether oxygens (including phenoxy) is 1. The van der Waals surface area contributed by atoms with Crippen molar-refractivity contribution in [3.8, 4) is 0 Å². The van der Waals surface area contributed by atoms with Crippen molar-refractivity contribution < 1.29 is 28.0 Å². The normalized spacial score (nSPS) is 15.5. The number of rotatable bonds is 7. The van der Waals surface area contributed by atoms with Crippen LogP contribution in [0, 0.1) is 11.6 Å². The number of methoxy groups -OCH3 is 1. The molecule has 3 rings (SSSR count). The molecule has 1 fully saturated rings. The number of quaternary nitrogens is 1. The molecule has 1 atom stereocenters. The SMILES string of the molecule is COC(=O)C[C@H](NC(=O)C[NH+]1CCN(c2ccc(F)cc2)CC1)c1cccc(F)c1. The van der Waals surface area contributed by atoms with Crippen molar-refractivity contribution in [1.82, 2.24) is 5.32 Å². The molecule has 0 spiro atoms. The minimum absolute atomic E-state index is 0.0701. The molecule has 0 bridgehead atoms. The molecule has 0 aliphatic carbocycles. The standard InChI is InChI=1S/C22H25F2N3O3/c1-30-22(29)14-20(16-3-2-4-18(24)13-16)25-21(28)15-26-9-11-27(12-10-26)19-7-5-17(23)6-8-19/h2-8,13,20H,9-12,14-15H2,1H3,(H,25,28)/p+1/t20-/m0/s1. The third kappa shape index (κ3) is 6.00. The Kier molecular flexibility index (Phi) is 7.35. The minimum atomic E-state index is -0.652. The molecule has 6 nitrogen and oxygen atoms in total. The Morgan fingerprint density at radius 1 is 1.10 bits per heavy atom. The van der Waals surface area contributed by atoms with Crippen LogP contribution in [0.25, 0.3) is 0 Å². The molecule has 1 aliphatic rings. The van der Waals surface area contributed by atoms with Crippen molar-refractivity contribution in [3.05, 3.63) is 65.7 Å². The number of carbonyl (C=O) groups is 2. The molecule has 0 radical (unpaired) electrons. The van der Waals surface area contributed by atoms with Gasteiger partial charge < -0.3 is 19.9 Å². The van der Waals surface area contributed by atoms with E-state index in [1.807, 2.05) is 0 Å². The van der Waals surface area contributed by atoms with Crippen LogP contribution in [0.4, 0.5) is 14.5 Å². The first-order valence-corrected chi connectivity index (χ1v) is 9.90. The summed E-state index contributed by atoms with van der Waals surface area (Å²) >= 11 is 0. The number of amides is 1. The molecular formula is C22H26F2N3O3+. The predicted octanol–water partition coefficient (Wildman–Crippen LogP) is 1.09. The summed E-state index contributed by atoms with van der Waals surface area (Å²) in [5.41, 5.74) is 1.48. The van der Waals surface area contributed by atoms with Crippen LogP contribution in [0.2, 0.25) is 0 Å². The molecule has 0 unspecified atom stereocenters. The monoisotopic (exact) mass is 418 g/mol. The third-order valence-corrected chi connectivity index (χ3v) is 5.26. The lowest BCUT2D eigenvalue weighted by molar-refractivity contribution is -0.892. The van der Waals surface area contributed by atoms with Gasteiger partial charge in [0.25, 0.3) is 5.91 Å². The van der Waals surface area contributed by atoms with Crippen LogP contribution in [-0.4, -0.2) is 51.7 Å². The highest BCUT2D eigenvalue weighted by Crippen LogP contribution is 2.18. The molecule has 1 amide bonds. The largest absolute Gasteiger partial charge is 0.469 e. The van der Waals surface area contributed by atoms with Gasteiger partial charge >= 0.3 is 5.97 Å². The average Bonchev–Trinajstić information content (AvgIpc) is 2.74. The molecular weight excluding hydrogens is 392 g/mol. The fraction of sp³-hybridized carbons (Fsp3) is 0.364. The lowest BCUT2D eigenvalue weighted by Gasteiger charge is -2.33. The third-order valence-electron chi connectivity index (χ3n) is 5.26. The van der Waals surface area contributed by atoms with Gasteiger partial charge in [0.15, 0.2) is 6.54 Å². The van der Waals surface area contributed by atoms with E-state index in [1.165, 1.54) is 31.4 Å². The van der Waals surface area contributed by atoms with Crippen LogP contribution in [0.5, 0.6) is 0 Å². The van der Waals surface area contributed by atoms with E-state index >= 15 is 0 Å². The van der Waals surface area contributed by atoms with Crippen LogP contribution < -0.4 is 15.1 Å². The zero-order valence-corrected chi connectivity index (χ0v) is 16.9. The first-order valence-electron chi connectivity index (χ1n) is 9.90. The molecule has 2 aromatic carbocycles. The zero-order chi connectivity index (χ0) is 21.5. The number of piperazine rings is 1. The van der Waals surface area contributed by atoms with Crippen LogP contribution >= 0.6 is 0 Å². The fourth-order valence-electron chi connectivity index (χ4n) is 3.61. The van der Waals surface area contributed by atoms with Crippen molar-refractivity contribution in [2.24, 2.45) is 0 Å². The maximum absolute atomic E-state index is 13.6. The minimum Gasteiger partial charge on any atom is -0.469 e. The van der Waals surface area contributed by atoms with Crippen molar-refractivity contribution in [3.63, 3.8) is 0 Å². The molecule has 1 aliphatic heterocycles. The van der Waals surface area contributed by atoms with Gasteiger partial charge in [0.1, 0.15) is 11.6 Å². The van der Waals surface area contributed by atoms with E-state index < -0.39 is 17.8 Å². The van der Waals surface area contributed by atoms with Crippen molar-refractivity contribution in [1.29, 1.82) is 0 Å². The Hall–Kier alpha value is -3.00. The van der Waals surface area contributed by atoms with Crippen molar-refractivity contribution in [2.75, 3.05) is 44.7 Å². The lowest BCUT2D eigenvalue weighted by atomic mass is 10.0. The Morgan fingerprint density at radius 3 is 2.43 bits per heavy atom. The van der Waals surface area contributed by atoms with E-state index in [0.717, 1.165) is 36.8 Å². The molecule has 1 saturated heterocycles. The molecule has 160 valence electrons. The van der Waals surface area contributed by atoms with Crippen molar-refractivity contribution >= 4 is 17.6 Å². The van der Waals surface area contributed by atoms with E-state index in [4.69, 9.17) is 4.74 Å². The molecule has 2 aromatic rings. The number of esters is 1. The number of nitrogens with one attached hydrogen (secondary N) is 2. The number of hydrogen-bond donors (Lipinski definition) is 2. The van der Waals surface area contributed by atoms with Crippen LogP contribution in [0.15, 0.2) is 48.5 Å². The number of anilines is 1. The molecule has 0 saturated carbocycles. The van der Waals surface area contributed by atoms with E-state index in [0.29, 0.717) is 5.56 Å². The van der Waals surface area contributed by atoms with E-state index in [2.05, 4.69) is 10.2 Å². The van der Waals surface area contributed by atoms with Gasteiger partial charge in [-0.25, -0.2) is 8.78 Å². The number of halogens is 2. The summed E-state index contributed by atoms with van der Waals surface area (Å²) in [6.45, 7) is 3.27. The Morgan fingerprint density at radius 2 is 1.80 bits per heavy atom. The van der Waals surface area contributed by atoms with Gasteiger partial charge in [0.05, 0.1) is 45.8 Å². The van der Waals surface area contributed by atoms with Gasteiger partial charge in [-0.05, 0) is 42.0 Å². The summed E-state index contributed by atoms with van der Waals surface area (Å²) in [7, 11) is 1.28. The second-order valence-electron chi connectivity index (χ2n) is 7.35. The van der Waals surface area contributed by atoms with E-state index in [1.54, 1.807) is 24.3 Å². The van der Waals surface area contributed by atoms with Gasteiger partial charge in [-0.2, -0.15) is 0 Å². The quantitative estimate of drug-likeness (QED) is 0.661. The summed E-state index contributed by atoms with van der Waals surface area (Å²) in [6, 6.07) is 11.6. The maximum atomic E-state index is 13.6. The number of hydrogen-bond acceptors (Lipinski definition) is 4. The molecule has 1 heterocycles. The molecule has 2 N–H and O–H groups in total. The Bertz CT molecular complexity index is 868. The highest BCUT2D eigenvalue weighted by Gasteiger charge is 2.25. The smallest absolute Gasteiger partial charge is 0.307 e.